The van der Waals surface area contributed by atoms with Gasteiger partial charge in [-0.05, 0) is 44.4 Å². The van der Waals surface area contributed by atoms with Gasteiger partial charge in [-0.25, -0.2) is 0 Å². The molecule has 1 aliphatic heterocycles. The van der Waals surface area contributed by atoms with E-state index in [2.05, 4.69) is 24.0 Å². The summed E-state index contributed by atoms with van der Waals surface area (Å²) >= 11 is 0. The highest BCUT2D eigenvalue weighted by atomic mass is 16.3. The number of rotatable bonds is 4. The Labute approximate surface area is 127 Å². The number of carbonyl (C=O) groups excluding carboxylic acids is 1. The summed E-state index contributed by atoms with van der Waals surface area (Å²) in [6.07, 6.45) is 1.76. The Morgan fingerprint density at radius 3 is 2.81 bits per heavy atom. The Kier molecular flexibility index (Phi) is 5.01. The fraction of sp³-hybridized carbons (Fsp3) is 0.588. The number of piperidine rings is 1. The third-order valence-corrected chi connectivity index (χ3v) is 4.21. The van der Waals surface area contributed by atoms with E-state index in [1.54, 1.807) is 4.90 Å². The van der Waals surface area contributed by atoms with Crippen LogP contribution in [0.1, 0.15) is 30.9 Å². The van der Waals surface area contributed by atoms with Gasteiger partial charge in [0, 0.05) is 20.1 Å². The minimum atomic E-state index is -0.660. The summed E-state index contributed by atoms with van der Waals surface area (Å²) in [7, 11) is 1.84. The fourth-order valence-corrected chi connectivity index (χ4v) is 2.90. The van der Waals surface area contributed by atoms with E-state index >= 15 is 0 Å². The minimum Gasteiger partial charge on any atom is -0.389 e. The smallest absolute Gasteiger partial charge is 0.236 e. The van der Waals surface area contributed by atoms with E-state index in [0.29, 0.717) is 19.6 Å². The van der Waals surface area contributed by atoms with Crippen LogP contribution in [0.3, 0.4) is 0 Å². The van der Waals surface area contributed by atoms with Gasteiger partial charge in [-0.2, -0.15) is 0 Å². The molecule has 0 bridgehead atoms. The molecule has 0 aromatic heterocycles. The second kappa shape index (κ2) is 6.58. The first-order chi connectivity index (χ1) is 9.87. The monoisotopic (exact) mass is 290 g/mol. The van der Waals surface area contributed by atoms with Crippen molar-refractivity contribution in [3.63, 3.8) is 0 Å². The van der Waals surface area contributed by atoms with E-state index in [4.69, 9.17) is 0 Å². The molecule has 1 unspecified atom stereocenters. The Balaban J connectivity index is 1.89. The number of nitrogens with zero attached hydrogens (tertiary/aromatic N) is 2. The zero-order valence-electron chi connectivity index (χ0n) is 13.3. The molecule has 1 heterocycles. The van der Waals surface area contributed by atoms with Gasteiger partial charge < -0.3 is 10.0 Å². The first-order valence-corrected chi connectivity index (χ1v) is 7.61. The third kappa shape index (κ3) is 4.55. The van der Waals surface area contributed by atoms with Crippen LogP contribution >= 0.6 is 0 Å². The summed E-state index contributed by atoms with van der Waals surface area (Å²) in [4.78, 5) is 16.2. The predicted molar refractivity (Wildman–Crippen MR) is 84.0 cm³/mol. The average molecular weight is 290 g/mol. The summed E-state index contributed by atoms with van der Waals surface area (Å²) in [5.74, 6) is 0.107. The molecule has 2 rings (SSSR count). The van der Waals surface area contributed by atoms with Gasteiger partial charge >= 0.3 is 0 Å². The maximum Gasteiger partial charge on any atom is 0.236 e. The summed E-state index contributed by atoms with van der Waals surface area (Å²) < 4.78 is 0. The maximum atomic E-state index is 12.3. The van der Waals surface area contributed by atoms with Gasteiger partial charge in [-0.1, -0.05) is 24.3 Å². The number of aliphatic hydroxyl groups is 1. The largest absolute Gasteiger partial charge is 0.389 e. The lowest BCUT2D eigenvalue weighted by atomic mass is 9.95. The van der Waals surface area contributed by atoms with Crippen LogP contribution in [-0.4, -0.2) is 53.1 Å². The Bertz CT molecular complexity index is 499. The molecular weight excluding hydrogens is 264 g/mol. The van der Waals surface area contributed by atoms with Crippen LogP contribution < -0.4 is 0 Å². The molecule has 0 saturated carbocycles. The van der Waals surface area contributed by atoms with E-state index in [-0.39, 0.29) is 5.91 Å². The summed E-state index contributed by atoms with van der Waals surface area (Å²) in [5.41, 5.74) is 1.73. The molecule has 0 radical (unpaired) electrons. The molecule has 4 heteroatoms. The van der Waals surface area contributed by atoms with Crippen LogP contribution in [0, 0.1) is 6.92 Å². The lowest BCUT2D eigenvalue weighted by molar-refractivity contribution is -0.133. The van der Waals surface area contributed by atoms with Crippen molar-refractivity contribution in [3.8, 4) is 0 Å². The zero-order chi connectivity index (χ0) is 15.5. The molecule has 1 aromatic carbocycles. The van der Waals surface area contributed by atoms with Crippen molar-refractivity contribution in [1.29, 1.82) is 0 Å². The zero-order valence-corrected chi connectivity index (χ0v) is 13.3. The number of aryl methyl sites for hydroxylation is 1. The van der Waals surface area contributed by atoms with Crippen LogP contribution in [0.5, 0.6) is 0 Å². The molecule has 4 nitrogen and oxygen atoms in total. The molecule has 0 spiro atoms. The second-order valence-corrected chi connectivity index (χ2v) is 6.49. The summed E-state index contributed by atoms with van der Waals surface area (Å²) in [6.45, 7) is 6.40. The highest BCUT2D eigenvalue weighted by molar-refractivity contribution is 5.78. The fourth-order valence-electron chi connectivity index (χ4n) is 2.90. The first kappa shape index (κ1) is 16.0. The molecule has 1 N–H and O–H groups in total. The van der Waals surface area contributed by atoms with E-state index in [0.717, 1.165) is 19.4 Å². The highest BCUT2D eigenvalue weighted by Crippen LogP contribution is 2.20. The third-order valence-electron chi connectivity index (χ3n) is 4.21. The molecule has 1 amide bonds. The van der Waals surface area contributed by atoms with E-state index in [1.165, 1.54) is 11.1 Å². The normalized spacial score (nSPS) is 23.0. The van der Waals surface area contributed by atoms with Crippen molar-refractivity contribution in [1.82, 2.24) is 9.80 Å². The van der Waals surface area contributed by atoms with Crippen molar-refractivity contribution in [2.24, 2.45) is 0 Å². The first-order valence-electron chi connectivity index (χ1n) is 7.61. The lowest BCUT2D eigenvalue weighted by Crippen LogP contribution is -2.49. The topological polar surface area (TPSA) is 43.8 Å². The standard InChI is InChI=1S/C17H26N2O2/c1-14-7-4-5-8-15(14)11-18(3)16(20)12-19-10-6-9-17(2,21)13-19/h4-5,7-8,21H,6,9-13H2,1-3H3. The van der Waals surface area contributed by atoms with Crippen molar-refractivity contribution in [2.75, 3.05) is 26.7 Å². The molecule has 21 heavy (non-hydrogen) atoms. The van der Waals surface area contributed by atoms with Gasteiger partial charge in [0.05, 0.1) is 12.1 Å². The number of β-amino-alcohol motifs (C(OH)–C–C–N with tert-alkyl or cyclic N) is 1. The molecule has 1 fully saturated rings. The van der Waals surface area contributed by atoms with Crippen LogP contribution in [0.2, 0.25) is 0 Å². The van der Waals surface area contributed by atoms with E-state index in [9.17, 15) is 9.90 Å². The molecule has 0 aliphatic carbocycles. The summed E-state index contributed by atoms with van der Waals surface area (Å²) in [6, 6.07) is 8.14. The molecular formula is C17H26N2O2. The van der Waals surface area contributed by atoms with Crippen molar-refractivity contribution in [3.05, 3.63) is 35.4 Å². The second-order valence-electron chi connectivity index (χ2n) is 6.49. The van der Waals surface area contributed by atoms with E-state index < -0.39 is 5.60 Å². The molecule has 1 aliphatic rings. The predicted octanol–water partition coefficient (Wildman–Crippen LogP) is 1.80. The molecule has 1 saturated heterocycles. The number of carbonyl (C=O) groups is 1. The van der Waals surface area contributed by atoms with E-state index in [1.807, 2.05) is 26.1 Å². The number of hydrogen-bond donors (Lipinski definition) is 1. The number of benzene rings is 1. The van der Waals surface area contributed by atoms with Crippen LogP contribution in [0.4, 0.5) is 0 Å². The van der Waals surface area contributed by atoms with Gasteiger partial charge in [0.1, 0.15) is 0 Å². The van der Waals surface area contributed by atoms with Crippen LogP contribution in [0.15, 0.2) is 24.3 Å². The number of amides is 1. The number of hydrogen-bond acceptors (Lipinski definition) is 3. The van der Waals surface area contributed by atoms with Gasteiger partial charge in [-0.15, -0.1) is 0 Å². The lowest BCUT2D eigenvalue weighted by Gasteiger charge is -2.37. The Morgan fingerprint density at radius 2 is 2.14 bits per heavy atom. The molecule has 1 aromatic rings. The summed E-state index contributed by atoms with van der Waals surface area (Å²) in [5, 5.41) is 10.1. The molecule has 116 valence electrons. The number of likely N-dealkylation sites (tertiary alicyclic amines) is 1. The number of likely N-dealkylation sites (N-methyl/N-ethyl adjacent to an activating group) is 1. The maximum absolute atomic E-state index is 12.3. The van der Waals surface area contributed by atoms with Gasteiger partial charge in [0.15, 0.2) is 0 Å². The van der Waals surface area contributed by atoms with Crippen molar-refractivity contribution >= 4 is 5.91 Å². The van der Waals surface area contributed by atoms with Gasteiger partial charge in [-0.3, -0.25) is 9.69 Å². The average Bonchev–Trinajstić information content (AvgIpc) is 2.40. The van der Waals surface area contributed by atoms with Crippen molar-refractivity contribution in [2.45, 2.75) is 38.8 Å². The highest BCUT2D eigenvalue weighted by Gasteiger charge is 2.29. The minimum absolute atomic E-state index is 0.107. The Hall–Kier alpha value is -1.39. The van der Waals surface area contributed by atoms with Crippen molar-refractivity contribution < 1.29 is 9.90 Å². The molecule has 1 atom stereocenters. The quantitative estimate of drug-likeness (QED) is 0.919. The SMILES string of the molecule is Cc1ccccc1CN(C)C(=O)CN1CCCC(C)(O)C1. The Morgan fingerprint density at radius 1 is 1.43 bits per heavy atom. The van der Waals surface area contributed by atoms with Gasteiger partial charge in [0.25, 0.3) is 0 Å². The van der Waals surface area contributed by atoms with Crippen LogP contribution in [-0.2, 0) is 11.3 Å². The van der Waals surface area contributed by atoms with Gasteiger partial charge in [0.2, 0.25) is 5.91 Å². The van der Waals surface area contributed by atoms with Crippen LogP contribution in [0.25, 0.3) is 0 Å².